The van der Waals surface area contributed by atoms with Crippen LogP contribution in [0.15, 0.2) is 28.8 Å². The van der Waals surface area contributed by atoms with E-state index in [-0.39, 0.29) is 6.04 Å². The van der Waals surface area contributed by atoms with Gasteiger partial charge in [0.2, 0.25) is 5.89 Å². The number of oxazole rings is 1. The number of rotatable bonds is 6. The van der Waals surface area contributed by atoms with Crippen molar-refractivity contribution in [3.05, 3.63) is 41.6 Å². The molecule has 108 valence electrons. The molecule has 0 spiro atoms. The van der Waals surface area contributed by atoms with Crippen molar-refractivity contribution < 1.29 is 13.9 Å². The standard InChI is InChI=1S/C15H20N2O3/c1-10-8-17-15(20-10)11(2)16-9-12-5-6-13(18-3)14(7-12)19-4/h5-8,11,16H,9H2,1-4H3. The summed E-state index contributed by atoms with van der Waals surface area (Å²) in [5.74, 6) is 2.97. The van der Waals surface area contributed by atoms with Gasteiger partial charge in [0.1, 0.15) is 5.76 Å². The molecule has 0 saturated carbocycles. The molecule has 1 atom stereocenters. The second-order valence-electron chi connectivity index (χ2n) is 4.60. The summed E-state index contributed by atoms with van der Waals surface area (Å²) in [5, 5.41) is 3.36. The third kappa shape index (κ3) is 3.30. The van der Waals surface area contributed by atoms with Crippen LogP contribution in [0.2, 0.25) is 0 Å². The van der Waals surface area contributed by atoms with Gasteiger partial charge >= 0.3 is 0 Å². The van der Waals surface area contributed by atoms with Gasteiger partial charge in [-0.25, -0.2) is 4.98 Å². The number of hydrogen-bond donors (Lipinski definition) is 1. The van der Waals surface area contributed by atoms with Crippen LogP contribution < -0.4 is 14.8 Å². The zero-order chi connectivity index (χ0) is 14.5. The first kappa shape index (κ1) is 14.4. The van der Waals surface area contributed by atoms with E-state index in [0.29, 0.717) is 12.4 Å². The smallest absolute Gasteiger partial charge is 0.211 e. The molecule has 1 aromatic carbocycles. The summed E-state index contributed by atoms with van der Waals surface area (Å²) >= 11 is 0. The molecule has 0 saturated heterocycles. The fourth-order valence-electron chi connectivity index (χ4n) is 1.92. The van der Waals surface area contributed by atoms with Gasteiger partial charge in [0.25, 0.3) is 0 Å². The molecule has 1 N–H and O–H groups in total. The van der Waals surface area contributed by atoms with Crippen LogP contribution in [0.25, 0.3) is 0 Å². The van der Waals surface area contributed by atoms with Gasteiger partial charge in [-0.2, -0.15) is 0 Å². The third-order valence-corrected chi connectivity index (χ3v) is 3.07. The lowest BCUT2D eigenvalue weighted by Gasteiger charge is -2.12. The molecule has 2 rings (SSSR count). The van der Waals surface area contributed by atoms with E-state index in [0.717, 1.165) is 22.8 Å². The van der Waals surface area contributed by atoms with Crippen LogP contribution in [0.3, 0.4) is 0 Å². The molecule has 1 heterocycles. The van der Waals surface area contributed by atoms with E-state index in [1.165, 1.54) is 0 Å². The topological polar surface area (TPSA) is 56.5 Å². The van der Waals surface area contributed by atoms with Crippen LogP contribution in [0.5, 0.6) is 11.5 Å². The fourth-order valence-corrected chi connectivity index (χ4v) is 1.92. The van der Waals surface area contributed by atoms with Crippen molar-refractivity contribution in [1.82, 2.24) is 10.3 Å². The van der Waals surface area contributed by atoms with Crippen LogP contribution in [-0.2, 0) is 6.54 Å². The highest BCUT2D eigenvalue weighted by Gasteiger charge is 2.11. The van der Waals surface area contributed by atoms with Gasteiger partial charge in [-0.05, 0) is 31.5 Å². The van der Waals surface area contributed by atoms with Crippen LogP contribution >= 0.6 is 0 Å². The van der Waals surface area contributed by atoms with E-state index in [2.05, 4.69) is 10.3 Å². The summed E-state index contributed by atoms with van der Waals surface area (Å²) in [6.07, 6.45) is 1.73. The maximum absolute atomic E-state index is 5.50. The summed E-state index contributed by atoms with van der Waals surface area (Å²) in [4.78, 5) is 4.22. The normalized spacial score (nSPS) is 12.2. The van der Waals surface area contributed by atoms with Crippen LogP contribution in [0.4, 0.5) is 0 Å². The first-order valence-corrected chi connectivity index (χ1v) is 6.50. The Morgan fingerprint density at radius 3 is 2.60 bits per heavy atom. The number of benzene rings is 1. The monoisotopic (exact) mass is 276 g/mol. The minimum Gasteiger partial charge on any atom is -0.493 e. The molecule has 5 heteroatoms. The highest BCUT2D eigenvalue weighted by atomic mass is 16.5. The van der Waals surface area contributed by atoms with Crippen molar-refractivity contribution in [3.8, 4) is 11.5 Å². The predicted octanol–water partition coefficient (Wildman–Crippen LogP) is 2.85. The molecule has 0 radical (unpaired) electrons. The molecule has 5 nitrogen and oxygen atoms in total. The minimum atomic E-state index is 0.0526. The minimum absolute atomic E-state index is 0.0526. The van der Waals surface area contributed by atoms with Crippen LogP contribution in [0.1, 0.15) is 30.2 Å². The van der Waals surface area contributed by atoms with Gasteiger partial charge in [0.15, 0.2) is 11.5 Å². The first-order chi connectivity index (χ1) is 9.63. The van der Waals surface area contributed by atoms with E-state index >= 15 is 0 Å². The SMILES string of the molecule is COc1ccc(CNC(C)c2ncc(C)o2)cc1OC. The number of nitrogens with one attached hydrogen (secondary N) is 1. The second-order valence-corrected chi connectivity index (χ2v) is 4.60. The van der Waals surface area contributed by atoms with Gasteiger partial charge in [-0.15, -0.1) is 0 Å². The molecule has 2 aromatic rings. The Labute approximate surface area is 118 Å². The first-order valence-electron chi connectivity index (χ1n) is 6.50. The molecule has 0 aliphatic heterocycles. The lowest BCUT2D eigenvalue weighted by Crippen LogP contribution is -2.18. The summed E-state index contributed by atoms with van der Waals surface area (Å²) in [6, 6.07) is 5.91. The molecule has 0 fully saturated rings. The van der Waals surface area contributed by atoms with E-state index in [1.807, 2.05) is 32.0 Å². The number of ether oxygens (including phenoxy) is 2. The Kier molecular flexibility index (Phi) is 4.63. The Hall–Kier alpha value is -2.01. The fraction of sp³-hybridized carbons (Fsp3) is 0.400. The molecule has 20 heavy (non-hydrogen) atoms. The van der Waals surface area contributed by atoms with Crippen molar-refractivity contribution in [2.24, 2.45) is 0 Å². The zero-order valence-electron chi connectivity index (χ0n) is 12.3. The molecule has 1 aromatic heterocycles. The number of aryl methyl sites for hydroxylation is 1. The van der Waals surface area contributed by atoms with E-state index in [9.17, 15) is 0 Å². The average molecular weight is 276 g/mol. The Morgan fingerprint density at radius 2 is 2.00 bits per heavy atom. The zero-order valence-corrected chi connectivity index (χ0v) is 12.3. The summed E-state index contributed by atoms with van der Waals surface area (Å²) in [6.45, 7) is 4.60. The Morgan fingerprint density at radius 1 is 1.25 bits per heavy atom. The van der Waals surface area contributed by atoms with E-state index in [4.69, 9.17) is 13.9 Å². The number of hydrogen-bond acceptors (Lipinski definition) is 5. The maximum atomic E-state index is 5.50. The highest BCUT2D eigenvalue weighted by Crippen LogP contribution is 2.27. The van der Waals surface area contributed by atoms with Gasteiger partial charge in [-0.3, -0.25) is 0 Å². The Bertz CT molecular complexity index is 566. The lowest BCUT2D eigenvalue weighted by atomic mass is 10.2. The largest absolute Gasteiger partial charge is 0.493 e. The molecule has 0 aliphatic rings. The average Bonchev–Trinajstić information content (AvgIpc) is 2.91. The van der Waals surface area contributed by atoms with Gasteiger partial charge in [0.05, 0.1) is 26.5 Å². The van der Waals surface area contributed by atoms with Crippen LogP contribution in [0, 0.1) is 6.92 Å². The molecular weight excluding hydrogens is 256 g/mol. The quantitative estimate of drug-likeness (QED) is 0.879. The summed E-state index contributed by atoms with van der Waals surface area (Å²) in [7, 11) is 3.26. The van der Waals surface area contributed by atoms with Crippen molar-refractivity contribution in [2.75, 3.05) is 14.2 Å². The van der Waals surface area contributed by atoms with Gasteiger partial charge < -0.3 is 19.2 Å². The van der Waals surface area contributed by atoms with Gasteiger partial charge in [-0.1, -0.05) is 6.07 Å². The molecule has 0 aliphatic carbocycles. The molecule has 0 bridgehead atoms. The number of aromatic nitrogens is 1. The number of nitrogens with zero attached hydrogens (tertiary/aromatic N) is 1. The lowest BCUT2D eigenvalue weighted by molar-refractivity contribution is 0.354. The number of methoxy groups -OCH3 is 2. The predicted molar refractivity (Wildman–Crippen MR) is 76.0 cm³/mol. The Balaban J connectivity index is 2.00. The third-order valence-electron chi connectivity index (χ3n) is 3.07. The van der Waals surface area contributed by atoms with Crippen molar-refractivity contribution in [1.29, 1.82) is 0 Å². The van der Waals surface area contributed by atoms with Crippen molar-refractivity contribution in [2.45, 2.75) is 26.4 Å². The van der Waals surface area contributed by atoms with Gasteiger partial charge in [0, 0.05) is 6.54 Å². The maximum Gasteiger partial charge on any atom is 0.211 e. The highest BCUT2D eigenvalue weighted by molar-refractivity contribution is 5.42. The van der Waals surface area contributed by atoms with E-state index < -0.39 is 0 Å². The summed E-state index contributed by atoms with van der Waals surface area (Å²) in [5.41, 5.74) is 1.11. The van der Waals surface area contributed by atoms with E-state index in [1.54, 1.807) is 20.4 Å². The van der Waals surface area contributed by atoms with Crippen LogP contribution in [-0.4, -0.2) is 19.2 Å². The summed E-state index contributed by atoms with van der Waals surface area (Å²) < 4.78 is 16.0. The molecule has 0 amide bonds. The molecule has 1 unspecified atom stereocenters. The molecular formula is C15H20N2O3. The van der Waals surface area contributed by atoms with Crippen molar-refractivity contribution in [3.63, 3.8) is 0 Å². The second kappa shape index (κ2) is 6.43. The van der Waals surface area contributed by atoms with Crippen molar-refractivity contribution >= 4 is 0 Å².